The summed E-state index contributed by atoms with van der Waals surface area (Å²) in [5, 5.41) is 17.9. The van der Waals surface area contributed by atoms with Gasteiger partial charge in [-0.3, -0.25) is 9.59 Å². The lowest BCUT2D eigenvalue weighted by Crippen LogP contribution is -2.58. The molecular formula is C31H39N5O7S. The van der Waals surface area contributed by atoms with Crippen molar-refractivity contribution >= 4 is 39.2 Å². The molecule has 2 aromatic rings. The molecular weight excluding hydrogens is 586 g/mol. The number of fused-ring (bicyclic) bond motifs is 1. The first-order valence-corrected chi connectivity index (χ1v) is 16.5. The van der Waals surface area contributed by atoms with Gasteiger partial charge < -0.3 is 25.8 Å². The fraction of sp³-hybridized carbons (Fsp3) is 0.484. The largest absolute Gasteiger partial charge is 0.480 e. The number of sulfonamides is 1. The number of pyridine rings is 1. The van der Waals surface area contributed by atoms with Crippen LogP contribution in [0.1, 0.15) is 48.9 Å². The average Bonchev–Trinajstić information content (AvgIpc) is 3.00. The molecule has 5 rings (SSSR count). The normalized spacial score (nSPS) is 17.8. The third-order valence-electron chi connectivity index (χ3n) is 8.18. The van der Waals surface area contributed by atoms with Crippen LogP contribution < -0.4 is 16.0 Å². The van der Waals surface area contributed by atoms with Crippen molar-refractivity contribution in [3.05, 3.63) is 59.3 Å². The Hall–Kier alpha value is -3.81. The molecule has 2 amide bonds. The summed E-state index contributed by atoms with van der Waals surface area (Å²) in [5.74, 6) is -1.89. The first kappa shape index (κ1) is 31.6. The van der Waals surface area contributed by atoms with Crippen LogP contribution in [0, 0.1) is 5.92 Å². The lowest BCUT2D eigenvalue weighted by Gasteiger charge is -2.37. The van der Waals surface area contributed by atoms with Crippen molar-refractivity contribution in [2.24, 2.45) is 5.92 Å². The Morgan fingerprint density at radius 1 is 1.14 bits per heavy atom. The number of hydrogen-bond donors (Lipinski definition) is 4. The van der Waals surface area contributed by atoms with E-state index in [2.05, 4.69) is 27.0 Å². The molecule has 3 aliphatic rings. The van der Waals surface area contributed by atoms with Crippen LogP contribution in [-0.2, 0) is 42.0 Å². The molecule has 12 nitrogen and oxygen atoms in total. The third-order valence-corrected chi connectivity index (χ3v) is 10.0. The van der Waals surface area contributed by atoms with Gasteiger partial charge in [0.2, 0.25) is 21.8 Å². The fourth-order valence-electron chi connectivity index (χ4n) is 5.49. The monoisotopic (exact) mass is 625 g/mol. The topological polar surface area (TPSA) is 167 Å². The van der Waals surface area contributed by atoms with Crippen molar-refractivity contribution < 1.29 is 32.6 Å². The van der Waals surface area contributed by atoms with E-state index in [1.807, 2.05) is 18.2 Å². The molecule has 0 bridgehead atoms. The van der Waals surface area contributed by atoms with Gasteiger partial charge in [0.25, 0.3) is 0 Å². The number of carbonyl (C=O) groups is 3. The summed E-state index contributed by atoms with van der Waals surface area (Å²) in [6.07, 6.45) is 7.11. The van der Waals surface area contributed by atoms with Crippen molar-refractivity contribution in [1.82, 2.24) is 19.9 Å². The van der Waals surface area contributed by atoms with Gasteiger partial charge in [0.05, 0.1) is 24.0 Å². The maximum Gasteiger partial charge on any atom is 0.328 e. The maximum atomic E-state index is 13.2. The Balaban J connectivity index is 1.04. The highest BCUT2D eigenvalue weighted by Crippen LogP contribution is 2.29. The van der Waals surface area contributed by atoms with E-state index in [0.717, 1.165) is 54.9 Å². The molecule has 4 N–H and O–H groups in total. The second-order valence-corrected chi connectivity index (χ2v) is 13.3. The number of amides is 2. The van der Waals surface area contributed by atoms with Crippen LogP contribution >= 0.6 is 0 Å². The number of ether oxygens (including phenoxy) is 1. The fourth-order valence-corrected chi connectivity index (χ4v) is 7.07. The van der Waals surface area contributed by atoms with Crippen LogP contribution in [-0.4, -0.2) is 86.0 Å². The van der Waals surface area contributed by atoms with Gasteiger partial charge in [-0.05, 0) is 73.4 Å². The van der Waals surface area contributed by atoms with E-state index in [4.69, 9.17) is 4.74 Å². The van der Waals surface area contributed by atoms with Gasteiger partial charge in [0.15, 0.2) is 0 Å². The minimum Gasteiger partial charge on any atom is -0.480 e. The number of carboxylic acid groups (broad SMARTS) is 1. The van der Waals surface area contributed by atoms with E-state index >= 15 is 0 Å². The molecule has 0 unspecified atom stereocenters. The molecule has 1 aromatic heterocycles. The molecule has 3 aliphatic heterocycles. The molecule has 236 valence electrons. The summed E-state index contributed by atoms with van der Waals surface area (Å²) in [5.41, 5.74) is 4.04. The first-order valence-electron chi connectivity index (χ1n) is 15.1. The van der Waals surface area contributed by atoms with Crippen molar-refractivity contribution in [3.63, 3.8) is 0 Å². The molecule has 1 atom stereocenters. The number of nitrogens with one attached hydrogen (secondary N) is 3. The van der Waals surface area contributed by atoms with Crippen LogP contribution in [0.4, 0.5) is 5.82 Å². The number of benzene rings is 1. The SMILES string of the molecule is O=C(CCCCc1ccc2c(n1)NCCC2)NC[C@H](NC(=O)C1CN(S(=O)(=O)c2cccc(C3=CCOCC3)c2)C1)C(=O)O. The van der Waals surface area contributed by atoms with Crippen molar-refractivity contribution in [1.29, 1.82) is 0 Å². The van der Waals surface area contributed by atoms with Crippen LogP contribution in [0.15, 0.2) is 47.4 Å². The molecule has 1 saturated heterocycles. The Labute approximate surface area is 257 Å². The number of carboxylic acids is 1. The Kier molecular flexibility index (Phi) is 10.3. The highest BCUT2D eigenvalue weighted by molar-refractivity contribution is 7.89. The minimum atomic E-state index is -3.81. The number of rotatable bonds is 13. The van der Waals surface area contributed by atoms with E-state index in [-0.39, 0.29) is 36.9 Å². The zero-order chi connectivity index (χ0) is 31.1. The Bertz CT molecular complexity index is 1520. The van der Waals surface area contributed by atoms with Crippen molar-refractivity contribution in [2.45, 2.75) is 55.9 Å². The number of hydrogen-bond acceptors (Lipinski definition) is 8. The van der Waals surface area contributed by atoms with Crippen LogP contribution in [0.2, 0.25) is 0 Å². The summed E-state index contributed by atoms with van der Waals surface area (Å²) in [6.45, 7) is 1.63. The Morgan fingerprint density at radius 2 is 1.98 bits per heavy atom. The van der Waals surface area contributed by atoms with Crippen molar-refractivity contribution in [2.75, 3.05) is 44.7 Å². The van der Waals surface area contributed by atoms with Gasteiger partial charge in [0, 0.05) is 38.3 Å². The lowest BCUT2D eigenvalue weighted by atomic mass is 10.0. The number of aliphatic carboxylic acids is 1. The molecule has 44 heavy (non-hydrogen) atoms. The molecule has 4 heterocycles. The number of nitrogens with zero attached hydrogens (tertiary/aromatic N) is 2. The first-order chi connectivity index (χ1) is 21.2. The third kappa shape index (κ3) is 7.82. The number of aryl methyl sites for hydroxylation is 2. The van der Waals surface area contributed by atoms with E-state index in [1.54, 1.807) is 12.1 Å². The zero-order valence-electron chi connectivity index (χ0n) is 24.6. The molecule has 0 radical (unpaired) electrons. The molecule has 0 aliphatic carbocycles. The second kappa shape index (κ2) is 14.3. The van der Waals surface area contributed by atoms with Gasteiger partial charge in [-0.25, -0.2) is 18.2 Å². The number of unbranched alkanes of at least 4 members (excludes halogenated alkanes) is 1. The molecule has 1 fully saturated rings. The van der Waals surface area contributed by atoms with Gasteiger partial charge in [-0.2, -0.15) is 4.31 Å². The van der Waals surface area contributed by atoms with Gasteiger partial charge in [-0.15, -0.1) is 0 Å². The highest BCUT2D eigenvalue weighted by atomic mass is 32.2. The maximum absolute atomic E-state index is 13.2. The van der Waals surface area contributed by atoms with Crippen LogP contribution in [0.5, 0.6) is 0 Å². The summed E-state index contributed by atoms with van der Waals surface area (Å²) in [4.78, 5) is 41.7. The molecule has 0 spiro atoms. The second-order valence-electron chi connectivity index (χ2n) is 11.4. The summed E-state index contributed by atoms with van der Waals surface area (Å²) in [7, 11) is -3.81. The molecule has 0 saturated carbocycles. The number of aromatic nitrogens is 1. The molecule has 1 aromatic carbocycles. The van der Waals surface area contributed by atoms with Crippen LogP contribution in [0.3, 0.4) is 0 Å². The summed E-state index contributed by atoms with van der Waals surface area (Å²) >= 11 is 0. The molecule has 13 heteroatoms. The number of carbonyl (C=O) groups excluding carboxylic acids is 2. The lowest BCUT2D eigenvalue weighted by molar-refractivity contribution is -0.143. The predicted molar refractivity (Wildman–Crippen MR) is 163 cm³/mol. The quantitative estimate of drug-likeness (QED) is 0.243. The average molecular weight is 626 g/mol. The number of anilines is 1. The Morgan fingerprint density at radius 3 is 2.75 bits per heavy atom. The smallest absolute Gasteiger partial charge is 0.328 e. The zero-order valence-corrected chi connectivity index (χ0v) is 25.4. The van der Waals surface area contributed by atoms with E-state index in [1.165, 1.54) is 15.9 Å². The van der Waals surface area contributed by atoms with Gasteiger partial charge in [0.1, 0.15) is 11.9 Å². The van der Waals surface area contributed by atoms with Crippen LogP contribution in [0.25, 0.3) is 5.57 Å². The standard InChI is InChI=1S/C31H39N5O7S/c37-28(9-2-1-7-25-11-10-22-6-4-14-32-29(22)34-25)33-18-27(31(39)40)35-30(38)24-19-36(20-24)44(41,42)26-8-3-5-23(17-26)21-12-15-43-16-13-21/h3,5,8,10-12,17,24,27H,1-2,4,6-7,9,13-16,18-20H2,(H,32,34)(H,33,37)(H,35,38)(H,39,40)/t27-/m0/s1. The van der Waals surface area contributed by atoms with Gasteiger partial charge >= 0.3 is 5.97 Å². The minimum absolute atomic E-state index is 0.0528. The van der Waals surface area contributed by atoms with E-state index in [0.29, 0.717) is 26.1 Å². The van der Waals surface area contributed by atoms with Crippen molar-refractivity contribution in [3.8, 4) is 0 Å². The predicted octanol–water partition coefficient (Wildman–Crippen LogP) is 1.96. The summed E-state index contributed by atoms with van der Waals surface area (Å²) in [6, 6.07) is 9.50. The highest BCUT2D eigenvalue weighted by Gasteiger charge is 2.41. The van der Waals surface area contributed by atoms with Gasteiger partial charge in [-0.1, -0.05) is 24.3 Å². The van der Waals surface area contributed by atoms with E-state index < -0.39 is 33.9 Å². The summed E-state index contributed by atoms with van der Waals surface area (Å²) < 4.78 is 32.9. The van der Waals surface area contributed by atoms with E-state index in [9.17, 15) is 27.9 Å².